The molecule has 0 aromatic heterocycles. The highest BCUT2D eigenvalue weighted by Crippen LogP contribution is 2.32. The summed E-state index contributed by atoms with van der Waals surface area (Å²) in [5.74, 6) is 0.799. The molecule has 1 amide bonds. The van der Waals surface area contributed by atoms with E-state index in [0.29, 0.717) is 6.04 Å². The molecule has 0 saturated heterocycles. The Morgan fingerprint density at radius 2 is 1.82 bits per heavy atom. The van der Waals surface area contributed by atoms with E-state index in [1.165, 1.54) is 38.5 Å². The van der Waals surface area contributed by atoms with Gasteiger partial charge in [-0.2, -0.15) is 0 Å². The Morgan fingerprint density at radius 1 is 1.18 bits per heavy atom. The van der Waals surface area contributed by atoms with Crippen LogP contribution < -0.4 is 10.6 Å². The van der Waals surface area contributed by atoms with Gasteiger partial charge in [-0.3, -0.25) is 0 Å². The first-order chi connectivity index (χ1) is 10.3. The SMILES string of the molecule is CC(NCC1(NC(=O)OC(C)(C)C)CCC1)C1CCCCC1. The molecule has 2 aliphatic rings. The van der Waals surface area contributed by atoms with Crippen LogP contribution in [0.1, 0.15) is 79.1 Å². The lowest BCUT2D eigenvalue weighted by atomic mass is 9.76. The van der Waals surface area contributed by atoms with E-state index in [-0.39, 0.29) is 11.6 Å². The molecule has 2 rings (SSSR count). The molecule has 0 bridgehead atoms. The van der Waals surface area contributed by atoms with Gasteiger partial charge in [-0.1, -0.05) is 19.3 Å². The molecule has 2 N–H and O–H groups in total. The Bertz CT molecular complexity index is 366. The second-order valence-corrected chi connectivity index (χ2v) is 8.33. The van der Waals surface area contributed by atoms with Crippen LogP contribution in [0.4, 0.5) is 4.79 Å². The highest BCUT2D eigenvalue weighted by Gasteiger charge is 2.39. The van der Waals surface area contributed by atoms with E-state index in [1.54, 1.807) is 0 Å². The quantitative estimate of drug-likeness (QED) is 0.807. The van der Waals surface area contributed by atoms with Crippen LogP contribution in [0.2, 0.25) is 0 Å². The first-order valence-electron chi connectivity index (χ1n) is 9.04. The molecule has 0 aliphatic heterocycles. The van der Waals surface area contributed by atoms with E-state index in [1.807, 2.05) is 20.8 Å². The average Bonchev–Trinajstić information content (AvgIpc) is 2.40. The maximum absolute atomic E-state index is 12.1. The second-order valence-electron chi connectivity index (χ2n) is 8.33. The van der Waals surface area contributed by atoms with Gasteiger partial charge in [0.1, 0.15) is 5.60 Å². The Hall–Kier alpha value is -0.770. The number of hydrogen-bond donors (Lipinski definition) is 2. The summed E-state index contributed by atoms with van der Waals surface area (Å²) in [7, 11) is 0. The van der Waals surface area contributed by atoms with Gasteiger partial charge in [0.05, 0.1) is 5.54 Å². The smallest absolute Gasteiger partial charge is 0.408 e. The van der Waals surface area contributed by atoms with E-state index in [2.05, 4.69) is 17.6 Å². The average molecular weight is 310 g/mol. The molecule has 0 aromatic carbocycles. The normalized spacial score (nSPS) is 23.5. The van der Waals surface area contributed by atoms with Crippen molar-refractivity contribution >= 4 is 6.09 Å². The summed E-state index contributed by atoms with van der Waals surface area (Å²) in [6.45, 7) is 8.88. The van der Waals surface area contributed by atoms with E-state index in [4.69, 9.17) is 4.74 Å². The number of ether oxygens (including phenoxy) is 1. The molecule has 0 spiro atoms. The summed E-state index contributed by atoms with van der Waals surface area (Å²) in [5, 5.41) is 6.81. The summed E-state index contributed by atoms with van der Waals surface area (Å²) < 4.78 is 5.41. The molecular formula is C18H34N2O2. The summed E-state index contributed by atoms with van der Waals surface area (Å²) in [4.78, 5) is 12.1. The number of alkyl carbamates (subject to hydrolysis) is 1. The number of hydrogen-bond acceptors (Lipinski definition) is 3. The minimum atomic E-state index is -0.433. The standard InChI is InChI=1S/C18H34N2O2/c1-14(15-9-6-5-7-10-15)19-13-18(11-8-12-18)20-16(21)22-17(2,3)4/h14-15,19H,5-13H2,1-4H3,(H,20,21). The van der Waals surface area contributed by atoms with Crippen LogP contribution in [0, 0.1) is 5.92 Å². The van der Waals surface area contributed by atoms with Crippen molar-refractivity contribution in [3.8, 4) is 0 Å². The van der Waals surface area contributed by atoms with Crippen molar-refractivity contribution in [1.82, 2.24) is 10.6 Å². The summed E-state index contributed by atoms with van der Waals surface area (Å²) in [5.41, 5.74) is -0.525. The van der Waals surface area contributed by atoms with Gasteiger partial charge >= 0.3 is 6.09 Å². The summed E-state index contributed by atoms with van der Waals surface area (Å²) in [6.07, 6.45) is 9.85. The molecule has 1 unspecified atom stereocenters. The predicted octanol–water partition coefficient (Wildman–Crippen LogP) is 3.99. The van der Waals surface area contributed by atoms with Gasteiger partial charge < -0.3 is 15.4 Å². The monoisotopic (exact) mass is 310 g/mol. The van der Waals surface area contributed by atoms with Crippen LogP contribution >= 0.6 is 0 Å². The third-order valence-electron chi connectivity index (χ3n) is 5.20. The van der Waals surface area contributed by atoms with Gasteiger partial charge in [0, 0.05) is 12.6 Å². The highest BCUT2D eigenvalue weighted by atomic mass is 16.6. The zero-order valence-electron chi connectivity index (χ0n) is 14.8. The van der Waals surface area contributed by atoms with Gasteiger partial charge in [0.2, 0.25) is 0 Å². The van der Waals surface area contributed by atoms with E-state index < -0.39 is 5.60 Å². The molecule has 128 valence electrons. The van der Waals surface area contributed by atoms with Crippen molar-refractivity contribution < 1.29 is 9.53 Å². The number of carbonyl (C=O) groups is 1. The first kappa shape index (κ1) is 17.6. The van der Waals surface area contributed by atoms with Crippen LogP contribution in [0.15, 0.2) is 0 Å². The fourth-order valence-corrected chi connectivity index (χ4v) is 3.63. The maximum atomic E-state index is 12.1. The van der Waals surface area contributed by atoms with Crippen LogP contribution in [-0.2, 0) is 4.74 Å². The zero-order valence-corrected chi connectivity index (χ0v) is 14.8. The molecule has 0 radical (unpaired) electrons. The van der Waals surface area contributed by atoms with Crippen LogP contribution in [0.25, 0.3) is 0 Å². The molecule has 4 heteroatoms. The van der Waals surface area contributed by atoms with Crippen molar-refractivity contribution in [1.29, 1.82) is 0 Å². The molecule has 22 heavy (non-hydrogen) atoms. The van der Waals surface area contributed by atoms with E-state index >= 15 is 0 Å². The van der Waals surface area contributed by atoms with Crippen LogP contribution in [0.3, 0.4) is 0 Å². The van der Waals surface area contributed by atoms with Crippen LogP contribution in [-0.4, -0.2) is 29.8 Å². The molecule has 2 fully saturated rings. The van der Waals surface area contributed by atoms with Crippen molar-refractivity contribution in [2.24, 2.45) is 5.92 Å². The summed E-state index contributed by atoms with van der Waals surface area (Å²) in [6, 6.07) is 0.540. The Balaban J connectivity index is 1.79. The molecule has 0 heterocycles. The molecule has 1 atom stereocenters. The fourth-order valence-electron chi connectivity index (χ4n) is 3.63. The topological polar surface area (TPSA) is 50.4 Å². The van der Waals surface area contributed by atoms with Crippen molar-refractivity contribution in [2.45, 2.75) is 96.2 Å². The lowest BCUT2D eigenvalue weighted by Gasteiger charge is -2.44. The highest BCUT2D eigenvalue weighted by molar-refractivity contribution is 5.69. The molecular weight excluding hydrogens is 276 g/mol. The molecule has 2 saturated carbocycles. The van der Waals surface area contributed by atoms with Gasteiger partial charge in [-0.15, -0.1) is 0 Å². The summed E-state index contributed by atoms with van der Waals surface area (Å²) >= 11 is 0. The minimum absolute atomic E-state index is 0.0920. The lowest BCUT2D eigenvalue weighted by Crippen LogP contribution is -2.61. The maximum Gasteiger partial charge on any atom is 0.408 e. The minimum Gasteiger partial charge on any atom is -0.444 e. The van der Waals surface area contributed by atoms with Gasteiger partial charge in [-0.25, -0.2) is 4.79 Å². The number of carbonyl (C=O) groups excluding carboxylic acids is 1. The van der Waals surface area contributed by atoms with Gasteiger partial charge in [-0.05, 0) is 65.7 Å². The largest absolute Gasteiger partial charge is 0.444 e. The first-order valence-corrected chi connectivity index (χ1v) is 9.04. The van der Waals surface area contributed by atoms with E-state index in [0.717, 1.165) is 25.3 Å². The van der Waals surface area contributed by atoms with Crippen LogP contribution in [0.5, 0.6) is 0 Å². The Kier molecular flexibility index (Phi) is 5.76. The number of amides is 1. The van der Waals surface area contributed by atoms with Crippen molar-refractivity contribution in [3.63, 3.8) is 0 Å². The molecule has 4 nitrogen and oxygen atoms in total. The Morgan fingerprint density at radius 3 is 2.32 bits per heavy atom. The second kappa shape index (κ2) is 7.20. The fraction of sp³-hybridized carbons (Fsp3) is 0.944. The predicted molar refractivity (Wildman–Crippen MR) is 90.0 cm³/mol. The van der Waals surface area contributed by atoms with Gasteiger partial charge in [0.15, 0.2) is 0 Å². The zero-order chi connectivity index (χ0) is 16.2. The molecule has 2 aliphatic carbocycles. The van der Waals surface area contributed by atoms with Crippen molar-refractivity contribution in [2.75, 3.05) is 6.54 Å². The van der Waals surface area contributed by atoms with E-state index in [9.17, 15) is 4.79 Å². The third-order valence-corrected chi connectivity index (χ3v) is 5.20. The third kappa shape index (κ3) is 5.15. The number of nitrogens with one attached hydrogen (secondary N) is 2. The molecule has 0 aromatic rings. The number of rotatable bonds is 5. The Labute approximate surface area is 135 Å². The van der Waals surface area contributed by atoms with Crippen molar-refractivity contribution in [3.05, 3.63) is 0 Å². The lowest BCUT2D eigenvalue weighted by molar-refractivity contribution is 0.0375. The van der Waals surface area contributed by atoms with Gasteiger partial charge in [0.25, 0.3) is 0 Å².